The summed E-state index contributed by atoms with van der Waals surface area (Å²) in [6.45, 7) is 2.10. The van der Waals surface area contributed by atoms with Gasteiger partial charge in [-0.05, 0) is 50.2 Å². The van der Waals surface area contributed by atoms with Gasteiger partial charge in [0.1, 0.15) is 0 Å². The van der Waals surface area contributed by atoms with Crippen molar-refractivity contribution >= 4 is 64.2 Å². The first-order chi connectivity index (χ1) is 13.9. The molecule has 1 saturated carbocycles. The summed E-state index contributed by atoms with van der Waals surface area (Å²) in [4.78, 5) is 25.1. The molecule has 2 atom stereocenters. The third kappa shape index (κ3) is 5.45. The van der Waals surface area contributed by atoms with Crippen LogP contribution in [0.3, 0.4) is 0 Å². The quantitative estimate of drug-likeness (QED) is 0.470. The zero-order valence-electron chi connectivity index (χ0n) is 15.9. The molecule has 3 rings (SSSR count). The minimum Gasteiger partial charge on any atom is -0.463 e. The fourth-order valence-electron chi connectivity index (χ4n) is 3.66. The first-order valence-corrected chi connectivity index (χ1v) is 11.6. The van der Waals surface area contributed by atoms with Crippen molar-refractivity contribution in [2.45, 2.75) is 44.3 Å². The molecule has 29 heavy (non-hydrogen) atoms. The van der Waals surface area contributed by atoms with E-state index in [0.717, 1.165) is 25.7 Å². The Hall–Kier alpha value is -1.28. The first kappa shape index (κ1) is 22.4. The lowest BCUT2D eigenvalue weighted by molar-refractivity contribution is -0.139. The third-order valence-electron chi connectivity index (χ3n) is 4.96. The van der Waals surface area contributed by atoms with E-state index in [2.05, 4.69) is 10.6 Å². The van der Waals surface area contributed by atoms with Crippen molar-refractivity contribution in [3.63, 3.8) is 0 Å². The maximum Gasteiger partial charge on any atom is 0.336 e. The molecule has 0 bridgehead atoms. The Labute approximate surface area is 189 Å². The number of benzene rings is 1. The van der Waals surface area contributed by atoms with Crippen molar-refractivity contribution in [1.29, 1.82) is 0 Å². The molecule has 2 aliphatic rings. The Morgan fingerprint density at radius 2 is 2.00 bits per heavy atom. The van der Waals surface area contributed by atoms with Crippen LogP contribution in [0.15, 0.2) is 28.8 Å². The zero-order chi connectivity index (χ0) is 21.0. The molecule has 156 valence electrons. The molecule has 1 aromatic carbocycles. The van der Waals surface area contributed by atoms with Crippen molar-refractivity contribution in [3.05, 3.63) is 44.4 Å². The van der Waals surface area contributed by atoms with Crippen LogP contribution in [0.25, 0.3) is 0 Å². The van der Waals surface area contributed by atoms with E-state index in [9.17, 15) is 9.59 Å². The smallest absolute Gasteiger partial charge is 0.336 e. The largest absolute Gasteiger partial charge is 0.463 e. The summed E-state index contributed by atoms with van der Waals surface area (Å²) in [5.74, 6) is -0.611. The molecule has 1 heterocycles. The minimum absolute atomic E-state index is 0.113. The molecule has 1 aromatic rings. The van der Waals surface area contributed by atoms with E-state index >= 15 is 0 Å². The Balaban J connectivity index is 1.75. The first-order valence-electron chi connectivity index (χ1n) is 9.56. The molecule has 1 aliphatic carbocycles. The average Bonchev–Trinajstić information content (AvgIpc) is 2.82. The number of esters is 1. The van der Waals surface area contributed by atoms with Gasteiger partial charge < -0.3 is 10.1 Å². The predicted octanol–water partition coefficient (Wildman–Crippen LogP) is 5.07. The van der Waals surface area contributed by atoms with Crippen LogP contribution in [0, 0.1) is 5.92 Å². The van der Waals surface area contributed by atoms with E-state index in [1.165, 1.54) is 18.6 Å². The number of ether oxygens (including phenoxy) is 1. The Kier molecular flexibility index (Phi) is 7.85. The van der Waals surface area contributed by atoms with Gasteiger partial charge >= 0.3 is 5.97 Å². The number of thioether (sulfide) groups is 1. The number of hydrogen-bond donors (Lipinski definition) is 2. The van der Waals surface area contributed by atoms with Crippen LogP contribution >= 0.6 is 47.2 Å². The van der Waals surface area contributed by atoms with E-state index in [1.807, 2.05) is 0 Å². The number of rotatable bonds is 4. The lowest BCUT2D eigenvalue weighted by atomic mass is 9.92. The number of carbonyl (C=O) groups excluding carboxylic acids is 2. The highest BCUT2D eigenvalue weighted by Gasteiger charge is 2.40. The van der Waals surface area contributed by atoms with E-state index in [4.69, 9.17) is 40.2 Å². The second kappa shape index (κ2) is 10.2. The lowest BCUT2D eigenvalue weighted by Crippen LogP contribution is -2.38. The van der Waals surface area contributed by atoms with Gasteiger partial charge in [-0.25, -0.2) is 4.79 Å². The highest BCUT2D eigenvalue weighted by molar-refractivity contribution is 8.04. The Morgan fingerprint density at radius 3 is 2.72 bits per heavy atom. The molecule has 0 saturated heterocycles. The number of carbonyl (C=O) groups is 2. The Morgan fingerprint density at radius 1 is 1.24 bits per heavy atom. The van der Waals surface area contributed by atoms with Crippen LogP contribution in [-0.4, -0.2) is 28.8 Å². The van der Waals surface area contributed by atoms with Gasteiger partial charge in [0.05, 0.1) is 27.8 Å². The molecular weight excluding hydrogens is 451 g/mol. The summed E-state index contributed by atoms with van der Waals surface area (Å²) < 4.78 is 5.29. The van der Waals surface area contributed by atoms with Crippen molar-refractivity contribution in [1.82, 2.24) is 10.6 Å². The van der Waals surface area contributed by atoms with Crippen LogP contribution < -0.4 is 10.6 Å². The van der Waals surface area contributed by atoms with Crippen LogP contribution in [0.5, 0.6) is 0 Å². The van der Waals surface area contributed by atoms with Gasteiger partial charge in [-0.3, -0.25) is 10.1 Å². The monoisotopic (exact) mass is 472 g/mol. The third-order valence-corrected chi connectivity index (χ3v) is 7.14. The van der Waals surface area contributed by atoms with E-state index < -0.39 is 5.91 Å². The summed E-state index contributed by atoms with van der Waals surface area (Å²) in [6.07, 6.45) is 5.42. The molecular formula is C20H22Cl2N2O3S2. The summed E-state index contributed by atoms with van der Waals surface area (Å²) in [5, 5.41) is 7.46. The van der Waals surface area contributed by atoms with Gasteiger partial charge in [0.25, 0.3) is 5.91 Å². The maximum absolute atomic E-state index is 12.6. The zero-order valence-corrected chi connectivity index (χ0v) is 19.1. The number of amides is 1. The van der Waals surface area contributed by atoms with E-state index in [-0.39, 0.29) is 27.6 Å². The van der Waals surface area contributed by atoms with Crippen molar-refractivity contribution in [2.75, 3.05) is 6.61 Å². The van der Waals surface area contributed by atoms with Crippen LogP contribution in [0.4, 0.5) is 0 Å². The van der Waals surface area contributed by atoms with Gasteiger partial charge in [0.2, 0.25) is 0 Å². The molecule has 2 unspecified atom stereocenters. The molecule has 0 aromatic heterocycles. The maximum atomic E-state index is 12.6. The van der Waals surface area contributed by atoms with Gasteiger partial charge in [-0.1, -0.05) is 42.5 Å². The minimum atomic E-state index is -0.445. The normalized spacial score (nSPS) is 21.2. The molecule has 0 radical (unpaired) electrons. The second-order valence-corrected chi connectivity index (χ2v) is 9.40. The number of thiocarbonyl (C=S) groups is 1. The summed E-state index contributed by atoms with van der Waals surface area (Å²) >= 11 is 18.9. The molecule has 1 aliphatic heterocycles. The number of fused-ring (bicyclic) bond motifs is 1. The molecule has 0 spiro atoms. The predicted molar refractivity (Wildman–Crippen MR) is 121 cm³/mol. The highest BCUT2D eigenvalue weighted by atomic mass is 35.5. The highest BCUT2D eigenvalue weighted by Crippen LogP contribution is 2.47. The van der Waals surface area contributed by atoms with Gasteiger partial charge in [-0.2, -0.15) is 0 Å². The van der Waals surface area contributed by atoms with Crippen molar-refractivity contribution in [3.8, 4) is 0 Å². The van der Waals surface area contributed by atoms with Crippen LogP contribution in [-0.2, 0) is 9.53 Å². The molecule has 9 heteroatoms. The lowest BCUT2D eigenvalue weighted by Gasteiger charge is -2.17. The fourth-order valence-corrected chi connectivity index (χ4v) is 5.96. The summed E-state index contributed by atoms with van der Waals surface area (Å²) in [7, 11) is 0. The van der Waals surface area contributed by atoms with Crippen LogP contribution in [0.1, 0.15) is 49.4 Å². The second-order valence-electron chi connectivity index (χ2n) is 6.90. The standard InChI is InChI=1S/C20H22Cl2N2O3S2/c1-2-27-19(26)16-13-6-4-3-5-7-15(13)29-18(16)24-20(28)23-17(25)12-9-8-11(21)10-14(12)22/h8-10,13,15H,2-7H2,1H3,(H2,23,24,25,28). The summed E-state index contributed by atoms with van der Waals surface area (Å²) in [6, 6.07) is 4.62. The fraction of sp³-hybridized carbons (Fsp3) is 0.450. The Bertz CT molecular complexity index is 860. The van der Waals surface area contributed by atoms with E-state index in [0.29, 0.717) is 27.5 Å². The number of nitrogens with one attached hydrogen (secondary N) is 2. The van der Waals surface area contributed by atoms with Crippen molar-refractivity contribution < 1.29 is 14.3 Å². The molecule has 1 fully saturated rings. The average molecular weight is 473 g/mol. The number of halogens is 2. The van der Waals surface area contributed by atoms with Gasteiger partial charge in [0.15, 0.2) is 5.11 Å². The number of hydrogen-bond acceptors (Lipinski definition) is 5. The molecule has 1 amide bonds. The van der Waals surface area contributed by atoms with Crippen molar-refractivity contribution in [2.24, 2.45) is 5.92 Å². The topological polar surface area (TPSA) is 67.4 Å². The van der Waals surface area contributed by atoms with E-state index in [1.54, 1.807) is 24.8 Å². The molecule has 2 N–H and O–H groups in total. The summed E-state index contributed by atoms with van der Waals surface area (Å²) in [5.41, 5.74) is 0.911. The van der Waals surface area contributed by atoms with Gasteiger partial charge in [0, 0.05) is 16.2 Å². The van der Waals surface area contributed by atoms with Crippen LogP contribution in [0.2, 0.25) is 10.0 Å². The molecule has 5 nitrogen and oxygen atoms in total. The van der Waals surface area contributed by atoms with Gasteiger partial charge in [-0.15, -0.1) is 11.8 Å². The SMILES string of the molecule is CCOC(=O)C1=C(NC(=S)NC(=O)c2ccc(Cl)cc2Cl)SC2CCCCCC12.